The van der Waals surface area contributed by atoms with Gasteiger partial charge >= 0.3 is 0 Å². The predicted octanol–water partition coefficient (Wildman–Crippen LogP) is 2.60. The van der Waals surface area contributed by atoms with Gasteiger partial charge in [0.2, 0.25) is 6.23 Å². The van der Waals surface area contributed by atoms with E-state index in [1.165, 1.54) is 6.42 Å². The van der Waals surface area contributed by atoms with Crippen LogP contribution < -0.4 is 10.00 Å². The molecule has 0 radical (unpaired) electrons. The maximum atomic E-state index is 6.07. The van der Waals surface area contributed by atoms with Gasteiger partial charge in [0, 0.05) is 35.6 Å². The molecule has 3 aliphatic rings. The first-order chi connectivity index (χ1) is 11.3. The van der Waals surface area contributed by atoms with Crippen molar-refractivity contribution in [1.82, 2.24) is 5.10 Å². The lowest BCUT2D eigenvalue weighted by Crippen LogP contribution is -2.46. The van der Waals surface area contributed by atoms with Crippen LogP contribution >= 0.6 is 22.6 Å². The van der Waals surface area contributed by atoms with E-state index in [0.717, 1.165) is 60.4 Å². The maximum Gasteiger partial charge on any atom is 0.292 e. The lowest BCUT2D eigenvalue weighted by molar-refractivity contribution is -0.821. The van der Waals surface area contributed by atoms with Crippen molar-refractivity contribution in [2.45, 2.75) is 57.3 Å². The molecular formula is C15H22IN4O3+. The van der Waals surface area contributed by atoms with Crippen molar-refractivity contribution in [3.8, 4) is 0 Å². The van der Waals surface area contributed by atoms with Gasteiger partial charge in [0.15, 0.2) is 17.7 Å². The highest BCUT2D eigenvalue weighted by Crippen LogP contribution is 2.33. The Morgan fingerprint density at radius 2 is 2.00 bits per heavy atom. The molecule has 7 nitrogen and oxygen atoms in total. The molecule has 0 saturated carbocycles. The zero-order valence-electron chi connectivity index (χ0n) is 13.0. The van der Waals surface area contributed by atoms with Crippen LogP contribution in [0.1, 0.15) is 56.7 Å². The molecule has 3 aliphatic heterocycles. The Bertz CT molecular complexity index is 580. The van der Waals surface area contributed by atoms with E-state index in [1.807, 2.05) is 0 Å². The molecule has 2 N–H and O–H groups in total. The van der Waals surface area contributed by atoms with Crippen LogP contribution in [0.15, 0.2) is 4.99 Å². The third-order valence-electron chi connectivity index (χ3n) is 4.46. The molecule has 1 aromatic heterocycles. The summed E-state index contributed by atoms with van der Waals surface area (Å²) in [5, 5.41) is 6.67. The summed E-state index contributed by atoms with van der Waals surface area (Å²) in [6.07, 6.45) is 7.79. The Labute approximate surface area is 148 Å². The van der Waals surface area contributed by atoms with Crippen LogP contribution in [0.5, 0.6) is 0 Å². The summed E-state index contributed by atoms with van der Waals surface area (Å²) in [5.41, 5.74) is 1.97. The van der Waals surface area contributed by atoms with E-state index in [9.17, 15) is 0 Å². The van der Waals surface area contributed by atoms with E-state index < -0.39 is 0 Å². The van der Waals surface area contributed by atoms with Crippen molar-refractivity contribution in [2.24, 2.45) is 4.99 Å². The van der Waals surface area contributed by atoms with Gasteiger partial charge in [-0.05, 0) is 32.1 Å². The smallest absolute Gasteiger partial charge is 0.292 e. The van der Waals surface area contributed by atoms with Gasteiger partial charge < -0.3 is 19.5 Å². The zero-order valence-corrected chi connectivity index (χ0v) is 15.1. The number of nitrogens with zero attached hydrogens (tertiary/aromatic N) is 2. The first kappa shape index (κ1) is 15.8. The standard InChI is InChI=1S/C15H21IN4O3/c16-14-12-13(19-20(14)10-5-1-3-7-21-10)15(18-9-17-12)23-11-6-2-4-8-22-11/h9-11,15H,1-8H2,(H,17,18)/p+1. The third kappa shape index (κ3) is 3.26. The molecule has 3 atom stereocenters. The van der Waals surface area contributed by atoms with E-state index in [0.29, 0.717) is 0 Å². The summed E-state index contributed by atoms with van der Waals surface area (Å²) in [4.78, 5) is 4.44. The van der Waals surface area contributed by atoms with Gasteiger partial charge in [0.05, 0.1) is 12.9 Å². The van der Waals surface area contributed by atoms with Crippen LogP contribution in [0.4, 0.5) is 5.69 Å². The second-order valence-corrected chi connectivity index (χ2v) is 7.11. The largest absolute Gasteiger partial charge is 0.353 e. The predicted molar refractivity (Wildman–Crippen MR) is 92.1 cm³/mol. The summed E-state index contributed by atoms with van der Waals surface area (Å²) >= 11 is 2.34. The third-order valence-corrected chi connectivity index (χ3v) is 5.52. The Kier molecular flexibility index (Phi) is 4.83. The van der Waals surface area contributed by atoms with Gasteiger partial charge in [0.1, 0.15) is 0 Å². The van der Waals surface area contributed by atoms with Gasteiger partial charge in [-0.1, -0.05) is 4.68 Å². The Balaban J connectivity index is 1.55. The highest BCUT2D eigenvalue weighted by atomic mass is 127. The number of halogens is 1. The Morgan fingerprint density at radius 1 is 1.17 bits per heavy atom. The van der Waals surface area contributed by atoms with E-state index in [1.54, 1.807) is 6.34 Å². The van der Waals surface area contributed by atoms with Crippen LogP contribution in [0.2, 0.25) is 0 Å². The number of hydrogen-bond donors (Lipinski definition) is 2. The molecule has 4 heterocycles. The molecule has 126 valence electrons. The first-order valence-electron chi connectivity index (χ1n) is 8.32. The van der Waals surface area contributed by atoms with Crippen LogP contribution in [-0.4, -0.2) is 30.9 Å². The molecule has 0 bridgehead atoms. The lowest BCUT2D eigenvalue weighted by Gasteiger charge is -2.26. The number of anilines is 1. The minimum absolute atomic E-state index is 0.0645. The molecule has 1 aromatic rings. The number of aromatic nitrogens is 2. The molecule has 8 heteroatoms. The summed E-state index contributed by atoms with van der Waals surface area (Å²) in [5.74, 6) is 0. The Morgan fingerprint density at radius 3 is 2.74 bits per heavy atom. The fourth-order valence-corrected chi connectivity index (χ4v) is 4.10. The number of H-pyrrole nitrogens is 1. The summed E-state index contributed by atoms with van der Waals surface area (Å²) in [6, 6.07) is 0. The van der Waals surface area contributed by atoms with Crippen LogP contribution in [0.25, 0.3) is 0 Å². The SMILES string of the molecule is Ic1c2c([nH][n+]1C1CCCCO1)C(OC1CCCCO1)N=CN2. The molecule has 2 saturated heterocycles. The van der Waals surface area contributed by atoms with Crippen LogP contribution in [-0.2, 0) is 14.2 Å². The summed E-state index contributed by atoms with van der Waals surface area (Å²) in [7, 11) is 0. The van der Waals surface area contributed by atoms with Crippen molar-refractivity contribution in [3.05, 3.63) is 9.39 Å². The number of nitrogens with one attached hydrogen (secondary N) is 2. The average molecular weight is 433 g/mol. The normalized spacial score (nSPS) is 30.7. The summed E-state index contributed by atoms with van der Waals surface area (Å²) < 4.78 is 20.8. The van der Waals surface area contributed by atoms with Crippen molar-refractivity contribution in [2.75, 3.05) is 18.5 Å². The highest BCUT2D eigenvalue weighted by Gasteiger charge is 2.36. The summed E-state index contributed by atoms with van der Waals surface area (Å²) in [6.45, 7) is 1.58. The van der Waals surface area contributed by atoms with E-state index in [2.05, 4.69) is 42.7 Å². The second kappa shape index (κ2) is 7.04. The molecule has 0 spiro atoms. The first-order valence-corrected chi connectivity index (χ1v) is 9.40. The van der Waals surface area contributed by atoms with E-state index >= 15 is 0 Å². The minimum Gasteiger partial charge on any atom is -0.353 e. The molecule has 0 aliphatic carbocycles. The molecule has 23 heavy (non-hydrogen) atoms. The number of hydrogen-bond acceptors (Lipinski definition) is 5. The van der Waals surface area contributed by atoms with Gasteiger partial charge in [-0.15, -0.1) is 0 Å². The second-order valence-electron chi connectivity index (χ2n) is 6.09. The number of aromatic amines is 1. The van der Waals surface area contributed by atoms with Crippen LogP contribution in [0, 0.1) is 3.70 Å². The van der Waals surface area contributed by atoms with Gasteiger partial charge in [0.25, 0.3) is 9.93 Å². The fraction of sp³-hybridized carbons (Fsp3) is 0.733. The molecule has 4 rings (SSSR count). The number of ether oxygens (including phenoxy) is 3. The number of fused-ring (bicyclic) bond motifs is 1. The topological polar surface area (TPSA) is 71.8 Å². The van der Waals surface area contributed by atoms with Gasteiger partial charge in [-0.2, -0.15) is 5.10 Å². The molecular weight excluding hydrogens is 411 g/mol. The van der Waals surface area contributed by atoms with Gasteiger partial charge in [-0.25, -0.2) is 4.99 Å². The van der Waals surface area contributed by atoms with Crippen molar-refractivity contribution in [1.29, 1.82) is 0 Å². The maximum absolute atomic E-state index is 6.07. The molecule has 2 fully saturated rings. The van der Waals surface area contributed by atoms with Crippen molar-refractivity contribution >= 4 is 34.6 Å². The highest BCUT2D eigenvalue weighted by molar-refractivity contribution is 14.1. The van der Waals surface area contributed by atoms with Crippen LogP contribution in [0.3, 0.4) is 0 Å². The van der Waals surface area contributed by atoms with Crippen molar-refractivity contribution in [3.63, 3.8) is 0 Å². The molecule has 0 aromatic carbocycles. The number of rotatable bonds is 3. The van der Waals surface area contributed by atoms with E-state index in [-0.39, 0.29) is 18.7 Å². The molecule has 3 unspecified atom stereocenters. The quantitative estimate of drug-likeness (QED) is 0.568. The van der Waals surface area contributed by atoms with Gasteiger partial charge in [-0.3, -0.25) is 0 Å². The Hall–Kier alpha value is -0.710. The van der Waals surface area contributed by atoms with Crippen molar-refractivity contribution < 1.29 is 18.9 Å². The fourth-order valence-electron chi connectivity index (χ4n) is 3.22. The van der Waals surface area contributed by atoms with E-state index in [4.69, 9.17) is 14.2 Å². The monoisotopic (exact) mass is 433 g/mol. The zero-order chi connectivity index (χ0) is 15.6. The minimum atomic E-state index is -0.354. The average Bonchev–Trinajstić information content (AvgIpc) is 2.95. The lowest BCUT2D eigenvalue weighted by atomic mass is 10.2. The number of aliphatic imine (C=N–C) groups is 1. The molecule has 0 amide bonds.